The number of carbonyl (C=O) groups is 1. The van der Waals surface area contributed by atoms with Gasteiger partial charge in [0.05, 0.1) is 25.0 Å². The molecule has 1 aromatic heterocycles. The Hall–Kier alpha value is -4.47. The number of nitrogens with one attached hydrogen (secondary N) is 2. The van der Waals surface area contributed by atoms with E-state index in [0.717, 1.165) is 53.9 Å². The summed E-state index contributed by atoms with van der Waals surface area (Å²) in [7, 11) is 1.70. The molecule has 1 aliphatic heterocycles. The first-order chi connectivity index (χ1) is 20.9. The van der Waals surface area contributed by atoms with Crippen molar-refractivity contribution in [3.63, 3.8) is 0 Å². The molecule has 3 aromatic carbocycles. The number of carbonyl (C=O) groups excluding carboxylic acids is 1. The number of amides is 1. The van der Waals surface area contributed by atoms with E-state index in [1.807, 2.05) is 73.7 Å². The highest BCUT2D eigenvalue weighted by Crippen LogP contribution is 2.29. The van der Waals surface area contributed by atoms with Crippen LogP contribution in [0.15, 0.2) is 77.7 Å². The van der Waals surface area contributed by atoms with Crippen molar-refractivity contribution >= 4 is 28.8 Å². The highest BCUT2D eigenvalue weighted by Gasteiger charge is 2.20. The molecule has 1 amide bonds. The third-order valence-electron chi connectivity index (χ3n) is 7.83. The Kier molecular flexibility index (Phi) is 9.54. The van der Waals surface area contributed by atoms with Crippen LogP contribution in [0.4, 0.5) is 22.9 Å². The number of ether oxygens (including phenoxy) is 1. The van der Waals surface area contributed by atoms with Crippen LogP contribution in [0, 0.1) is 6.92 Å². The maximum absolute atomic E-state index is 13.3. The Morgan fingerprint density at radius 1 is 1.09 bits per heavy atom. The van der Waals surface area contributed by atoms with Crippen LogP contribution in [0.25, 0.3) is 11.3 Å². The number of aliphatic hydroxyl groups is 1. The fourth-order valence-electron chi connectivity index (χ4n) is 5.34. The summed E-state index contributed by atoms with van der Waals surface area (Å²) in [6.45, 7) is 6.01. The highest BCUT2D eigenvalue weighted by atomic mass is 16.5. The van der Waals surface area contributed by atoms with E-state index in [1.54, 1.807) is 13.2 Å². The molecule has 0 spiro atoms. The molecule has 9 nitrogen and oxygen atoms in total. The van der Waals surface area contributed by atoms with E-state index in [9.17, 15) is 14.7 Å². The van der Waals surface area contributed by atoms with Crippen molar-refractivity contribution in [3.8, 4) is 11.3 Å². The van der Waals surface area contributed by atoms with Gasteiger partial charge < -0.3 is 29.9 Å². The van der Waals surface area contributed by atoms with Gasteiger partial charge in [0.2, 0.25) is 0 Å². The normalized spacial score (nSPS) is 14.9. The number of aliphatic hydroxyl groups excluding tert-OH is 1. The molecule has 1 aliphatic rings. The molecule has 2 heterocycles. The van der Waals surface area contributed by atoms with E-state index in [4.69, 9.17) is 9.72 Å². The van der Waals surface area contributed by atoms with Gasteiger partial charge in [0, 0.05) is 54.5 Å². The zero-order valence-corrected chi connectivity index (χ0v) is 25.0. The quantitative estimate of drug-likeness (QED) is 0.234. The Bertz CT molecular complexity index is 1630. The van der Waals surface area contributed by atoms with Crippen molar-refractivity contribution in [2.75, 3.05) is 41.8 Å². The minimum Gasteiger partial charge on any atom is -0.394 e. The van der Waals surface area contributed by atoms with Crippen LogP contribution in [-0.4, -0.2) is 53.0 Å². The molecule has 0 bridgehead atoms. The van der Waals surface area contributed by atoms with Crippen molar-refractivity contribution in [1.82, 2.24) is 9.55 Å². The zero-order chi connectivity index (χ0) is 30.3. The second kappa shape index (κ2) is 13.7. The molecule has 1 fully saturated rings. The summed E-state index contributed by atoms with van der Waals surface area (Å²) in [5.41, 5.74) is 6.20. The van der Waals surface area contributed by atoms with Gasteiger partial charge in [-0.3, -0.25) is 9.59 Å². The molecule has 224 valence electrons. The third-order valence-corrected chi connectivity index (χ3v) is 7.83. The fraction of sp³-hybridized carbons (Fsp3) is 0.324. The van der Waals surface area contributed by atoms with Gasteiger partial charge in [-0.15, -0.1) is 0 Å². The molecule has 4 aromatic rings. The van der Waals surface area contributed by atoms with Gasteiger partial charge in [0.1, 0.15) is 0 Å². The van der Waals surface area contributed by atoms with Crippen LogP contribution in [-0.2, 0) is 18.2 Å². The van der Waals surface area contributed by atoms with E-state index >= 15 is 0 Å². The van der Waals surface area contributed by atoms with Crippen molar-refractivity contribution in [3.05, 3.63) is 100.0 Å². The van der Waals surface area contributed by atoms with E-state index < -0.39 is 0 Å². The first-order valence-corrected chi connectivity index (χ1v) is 14.8. The summed E-state index contributed by atoms with van der Waals surface area (Å²) in [6.07, 6.45) is 4.46. The number of nitrogens with zero attached hydrogens (tertiary/aromatic N) is 3. The van der Waals surface area contributed by atoms with Gasteiger partial charge in [-0.1, -0.05) is 43.7 Å². The second-order valence-electron chi connectivity index (χ2n) is 10.9. The maximum Gasteiger partial charge on any atom is 0.293 e. The van der Waals surface area contributed by atoms with Crippen molar-refractivity contribution < 1.29 is 14.6 Å². The number of hydrogen-bond donors (Lipinski definition) is 3. The van der Waals surface area contributed by atoms with Crippen LogP contribution in [0.1, 0.15) is 41.3 Å². The third kappa shape index (κ3) is 6.96. The van der Waals surface area contributed by atoms with Crippen LogP contribution in [0.3, 0.4) is 0 Å². The molecule has 0 radical (unpaired) electrons. The summed E-state index contributed by atoms with van der Waals surface area (Å²) in [6, 6.07) is 21.2. The van der Waals surface area contributed by atoms with Gasteiger partial charge in [-0.2, -0.15) is 0 Å². The van der Waals surface area contributed by atoms with Crippen molar-refractivity contribution in [2.45, 2.75) is 39.2 Å². The Morgan fingerprint density at radius 2 is 1.88 bits per heavy atom. The minimum atomic E-state index is -0.252. The van der Waals surface area contributed by atoms with E-state index in [1.165, 1.54) is 4.57 Å². The van der Waals surface area contributed by atoms with E-state index in [0.29, 0.717) is 30.1 Å². The smallest absolute Gasteiger partial charge is 0.293 e. The Labute approximate surface area is 252 Å². The summed E-state index contributed by atoms with van der Waals surface area (Å²) >= 11 is 0. The molecule has 0 saturated carbocycles. The largest absolute Gasteiger partial charge is 0.394 e. The average Bonchev–Trinajstić information content (AvgIpc) is 3.03. The lowest BCUT2D eigenvalue weighted by molar-refractivity contribution is 0.00357. The molecular weight excluding hydrogens is 542 g/mol. The summed E-state index contributed by atoms with van der Waals surface area (Å²) in [4.78, 5) is 33.2. The molecule has 1 saturated heterocycles. The molecule has 1 unspecified atom stereocenters. The summed E-state index contributed by atoms with van der Waals surface area (Å²) in [5, 5.41) is 15.7. The minimum absolute atomic E-state index is 0.0107. The molecule has 3 N–H and O–H groups in total. The molecule has 1 atom stereocenters. The lowest BCUT2D eigenvalue weighted by Crippen LogP contribution is -2.44. The SMILES string of the molecule is CCCCc1ccccc1C(=O)Nc1cccc(-c2cn(C)c(=O)c(Nc3ccc(N4CCOC(CO)C4)cc3)n2)c1C. The van der Waals surface area contributed by atoms with Gasteiger partial charge >= 0.3 is 0 Å². The Balaban J connectivity index is 1.37. The van der Waals surface area contributed by atoms with Crippen molar-refractivity contribution in [2.24, 2.45) is 7.05 Å². The summed E-state index contributed by atoms with van der Waals surface area (Å²) < 4.78 is 7.07. The van der Waals surface area contributed by atoms with Gasteiger partial charge in [-0.25, -0.2) is 4.98 Å². The molecule has 43 heavy (non-hydrogen) atoms. The lowest BCUT2D eigenvalue weighted by atomic mass is 10.0. The molecule has 0 aliphatic carbocycles. The first kappa shape index (κ1) is 30.0. The number of benzene rings is 3. The maximum atomic E-state index is 13.3. The molecule has 5 rings (SSSR count). The number of morpholine rings is 1. The van der Waals surface area contributed by atoms with Crippen LogP contribution < -0.4 is 21.1 Å². The van der Waals surface area contributed by atoms with Gasteiger partial charge in [-0.05, 0) is 67.3 Å². The van der Waals surface area contributed by atoms with E-state index in [-0.39, 0.29) is 30.0 Å². The average molecular weight is 582 g/mol. The van der Waals surface area contributed by atoms with E-state index in [2.05, 4.69) is 22.5 Å². The predicted octanol–water partition coefficient (Wildman–Crippen LogP) is 5.29. The number of aromatic nitrogens is 2. The highest BCUT2D eigenvalue weighted by molar-refractivity contribution is 6.06. The molecular formula is C34H39N5O4. The predicted molar refractivity (Wildman–Crippen MR) is 171 cm³/mol. The van der Waals surface area contributed by atoms with Gasteiger partial charge in [0.15, 0.2) is 5.82 Å². The Morgan fingerprint density at radius 3 is 2.65 bits per heavy atom. The zero-order valence-electron chi connectivity index (χ0n) is 25.0. The number of unbranched alkanes of at least 4 members (excludes halogenated alkanes) is 1. The molecule has 9 heteroatoms. The number of anilines is 4. The van der Waals surface area contributed by atoms with Gasteiger partial charge in [0.25, 0.3) is 11.5 Å². The lowest BCUT2D eigenvalue weighted by Gasteiger charge is -2.33. The second-order valence-corrected chi connectivity index (χ2v) is 10.9. The van der Waals surface area contributed by atoms with Crippen LogP contribution in [0.5, 0.6) is 0 Å². The number of aryl methyl sites for hydroxylation is 2. The number of hydrogen-bond acceptors (Lipinski definition) is 7. The van der Waals surface area contributed by atoms with Crippen molar-refractivity contribution in [1.29, 1.82) is 0 Å². The summed E-state index contributed by atoms with van der Waals surface area (Å²) in [5.74, 6) is 0.0632. The first-order valence-electron chi connectivity index (χ1n) is 14.8. The topological polar surface area (TPSA) is 109 Å². The van der Waals surface area contributed by atoms with Crippen LogP contribution >= 0.6 is 0 Å². The monoisotopic (exact) mass is 581 g/mol. The standard InChI is InChI=1S/C34H39N5O4/c1-4-5-9-24-10-6-7-11-29(24)33(41)37-30-13-8-12-28(23(30)2)31-21-38(3)34(42)32(36-31)35-25-14-16-26(17-15-25)39-18-19-43-27(20-39)22-40/h6-8,10-17,21,27,40H,4-5,9,18-20,22H2,1-3H3,(H,35,36)(H,37,41). The van der Waals surface area contributed by atoms with Crippen LogP contribution in [0.2, 0.25) is 0 Å². The number of rotatable bonds is 10. The fourth-order valence-corrected chi connectivity index (χ4v) is 5.34.